The largest absolute Gasteiger partial charge is 0.480 e. The minimum atomic E-state index is -1.66. The molecule has 0 heterocycles. The lowest BCUT2D eigenvalue weighted by molar-refractivity contribution is -0.147. The Morgan fingerprint density at radius 3 is 1.66 bits per heavy atom. The summed E-state index contributed by atoms with van der Waals surface area (Å²) < 4.78 is 5.16. The van der Waals surface area contributed by atoms with Gasteiger partial charge in [-0.2, -0.15) is 0 Å². The molecule has 0 aliphatic heterocycles. The third-order valence-corrected chi connectivity index (χ3v) is 6.01. The second-order valence-electron chi connectivity index (χ2n) is 9.38. The van der Waals surface area contributed by atoms with Crippen molar-refractivity contribution in [1.29, 1.82) is 0 Å². The molecule has 0 bridgehead atoms. The first kappa shape index (κ1) is 35.2. The maximum absolute atomic E-state index is 13.3. The smallest absolute Gasteiger partial charge is 0.328 e. The Kier molecular flexibility index (Phi) is 15.0. The Bertz CT molecular complexity index is 822. The lowest BCUT2D eigenvalue weighted by Crippen LogP contribution is -2.63. The van der Waals surface area contributed by atoms with Gasteiger partial charge in [0.15, 0.2) is 0 Å². The Hall–Kier alpha value is -2.85. The van der Waals surface area contributed by atoms with Gasteiger partial charge in [-0.1, -0.05) is 13.8 Å². The van der Waals surface area contributed by atoms with Crippen LogP contribution in [0.4, 0.5) is 0 Å². The summed E-state index contributed by atoms with van der Waals surface area (Å²) in [4.78, 5) is 64.0. The molecule has 8 atom stereocenters. The Morgan fingerprint density at radius 1 is 0.816 bits per heavy atom. The summed E-state index contributed by atoms with van der Waals surface area (Å²) in [6.45, 7) is 6.44. The van der Waals surface area contributed by atoms with Crippen LogP contribution in [0.15, 0.2) is 0 Å². The van der Waals surface area contributed by atoms with Gasteiger partial charge in [-0.15, -0.1) is 0 Å². The number of rotatable bonds is 16. The number of carboxylic acids is 1. The maximum Gasteiger partial charge on any atom is 0.328 e. The summed E-state index contributed by atoms with van der Waals surface area (Å²) >= 11 is 0. The van der Waals surface area contributed by atoms with Gasteiger partial charge in [-0.3, -0.25) is 19.2 Å². The van der Waals surface area contributed by atoms with Gasteiger partial charge >= 0.3 is 5.97 Å². The second kappa shape index (κ2) is 16.2. The van der Waals surface area contributed by atoms with Crippen molar-refractivity contribution in [3.8, 4) is 0 Å². The summed E-state index contributed by atoms with van der Waals surface area (Å²) in [6.07, 6.45) is -3.37. The highest BCUT2D eigenvalue weighted by atomic mass is 16.5. The van der Waals surface area contributed by atoms with Crippen molar-refractivity contribution in [3.63, 3.8) is 0 Å². The number of methoxy groups -OCH3 is 1. The standard InChI is InChI=1S/C23H43N5O10/c1-10(2)18(21(34)26-15(11(3)30)19(32)25-14(9-29)23(36)37)28(7)22(35)16(12(4)31)27-20(33)17(24-6)13(5)38-8/h10-18,24,29-31H,9H2,1-8H3,(H,25,32)(H,26,34)(H,27,33)(H,36,37)/t11-,12-,13-,14+,15+,16+,17+,18+/m1/s1. The van der Waals surface area contributed by atoms with Crippen molar-refractivity contribution < 1.29 is 49.1 Å². The zero-order chi connectivity index (χ0) is 29.9. The van der Waals surface area contributed by atoms with Crippen molar-refractivity contribution in [2.24, 2.45) is 5.92 Å². The van der Waals surface area contributed by atoms with Crippen LogP contribution in [0.5, 0.6) is 0 Å². The molecule has 0 saturated heterocycles. The molecule has 15 nitrogen and oxygen atoms in total. The summed E-state index contributed by atoms with van der Waals surface area (Å²) in [5.41, 5.74) is 0. The molecule has 38 heavy (non-hydrogen) atoms. The molecule has 0 aromatic heterocycles. The average molecular weight is 550 g/mol. The highest BCUT2D eigenvalue weighted by Gasteiger charge is 2.39. The monoisotopic (exact) mass is 549 g/mol. The molecule has 15 heteroatoms. The number of carbonyl (C=O) groups excluding carboxylic acids is 4. The van der Waals surface area contributed by atoms with E-state index in [1.54, 1.807) is 20.8 Å². The van der Waals surface area contributed by atoms with Crippen molar-refractivity contribution in [2.75, 3.05) is 27.8 Å². The van der Waals surface area contributed by atoms with Crippen LogP contribution in [0, 0.1) is 5.92 Å². The van der Waals surface area contributed by atoms with Gasteiger partial charge in [0.05, 0.1) is 24.9 Å². The molecule has 0 aromatic rings. The number of nitrogens with zero attached hydrogens (tertiary/aromatic N) is 1. The van der Waals surface area contributed by atoms with Crippen molar-refractivity contribution in [2.45, 2.75) is 83.1 Å². The SMILES string of the molecule is CN[C@H](C(=O)N[C@H](C(=O)N(C)[C@H](C(=O)N[C@H](C(=O)N[C@@H](CO)C(=O)O)[C@@H](C)O)C(C)C)[C@@H](C)O)[C@@H](C)OC. The predicted octanol–water partition coefficient (Wildman–Crippen LogP) is -3.61. The van der Waals surface area contributed by atoms with Gasteiger partial charge in [0, 0.05) is 14.2 Å². The van der Waals surface area contributed by atoms with E-state index in [1.165, 1.54) is 35.1 Å². The molecular weight excluding hydrogens is 506 g/mol. The lowest BCUT2D eigenvalue weighted by Gasteiger charge is -2.35. The van der Waals surface area contributed by atoms with E-state index in [2.05, 4.69) is 16.0 Å². The third-order valence-electron chi connectivity index (χ3n) is 6.01. The number of aliphatic hydroxyl groups is 3. The van der Waals surface area contributed by atoms with Gasteiger partial charge in [-0.25, -0.2) is 4.79 Å². The van der Waals surface area contributed by atoms with E-state index in [0.717, 1.165) is 4.90 Å². The van der Waals surface area contributed by atoms with Crippen molar-refractivity contribution in [1.82, 2.24) is 26.2 Å². The molecule has 0 fully saturated rings. The number of carbonyl (C=O) groups is 5. The number of ether oxygens (including phenoxy) is 1. The van der Waals surface area contributed by atoms with Crippen LogP contribution >= 0.6 is 0 Å². The van der Waals surface area contributed by atoms with E-state index in [0.29, 0.717) is 0 Å². The van der Waals surface area contributed by atoms with Crippen LogP contribution in [0.3, 0.4) is 0 Å². The van der Waals surface area contributed by atoms with Gasteiger partial charge in [0.25, 0.3) is 0 Å². The number of aliphatic carboxylic acids is 1. The highest BCUT2D eigenvalue weighted by Crippen LogP contribution is 2.14. The molecule has 0 radical (unpaired) electrons. The molecule has 0 saturated carbocycles. The van der Waals surface area contributed by atoms with Gasteiger partial charge in [0.1, 0.15) is 30.2 Å². The summed E-state index contributed by atoms with van der Waals surface area (Å²) in [7, 11) is 4.22. The predicted molar refractivity (Wildman–Crippen MR) is 135 cm³/mol. The summed E-state index contributed by atoms with van der Waals surface area (Å²) in [5, 5.41) is 48.1. The molecule has 0 unspecified atom stereocenters. The van der Waals surface area contributed by atoms with Gasteiger partial charge in [-0.05, 0) is 33.7 Å². The zero-order valence-electron chi connectivity index (χ0n) is 23.1. The third kappa shape index (κ3) is 9.79. The fourth-order valence-electron chi connectivity index (χ4n) is 3.72. The minimum Gasteiger partial charge on any atom is -0.480 e. The summed E-state index contributed by atoms with van der Waals surface area (Å²) in [5.74, 6) is -5.40. The topological polar surface area (TPSA) is 227 Å². The maximum atomic E-state index is 13.3. The average Bonchev–Trinajstić information content (AvgIpc) is 2.82. The number of likely N-dealkylation sites (N-methyl/N-ethyl adjacent to an activating group) is 2. The molecule has 0 aliphatic carbocycles. The molecule has 0 rings (SSSR count). The minimum absolute atomic E-state index is 0.533. The van der Waals surface area contributed by atoms with Crippen LogP contribution in [0.25, 0.3) is 0 Å². The number of aliphatic hydroxyl groups excluding tert-OH is 3. The Balaban J connectivity index is 5.89. The molecule has 8 N–H and O–H groups in total. The number of hydrogen-bond donors (Lipinski definition) is 8. The highest BCUT2D eigenvalue weighted by molar-refractivity contribution is 5.96. The quantitative estimate of drug-likeness (QED) is 0.0937. The van der Waals surface area contributed by atoms with Gasteiger partial charge < -0.3 is 51.3 Å². The molecule has 0 aliphatic rings. The fourth-order valence-corrected chi connectivity index (χ4v) is 3.72. The normalized spacial score (nSPS) is 17.7. The molecular formula is C23H43N5O10. The van der Waals surface area contributed by atoms with Crippen molar-refractivity contribution in [3.05, 3.63) is 0 Å². The van der Waals surface area contributed by atoms with E-state index < -0.39 is 90.6 Å². The van der Waals surface area contributed by atoms with Crippen LogP contribution in [-0.2, 0) is 28.7 Å². The first-order valence-electron chi connectivity index (χ1n) is 12.1. The van der Waals surface area contributed by atoms with Crippen molar-refractivity contribution >= 4 is 29.6 Å². The molecule has 220 valence electrons. The lowest BCUT2D eigenvalue weighted by atomic mass is 9.99. The second-order valence-corrected chi connectivity index (χ2v) is 9.38. The number of amides is 4. The number of hydrogen-bond acceptors (Lipinski definition) is 10. The first-order chi connectivity index (χ1) is 17.5. The molecule has 0 aromatic carbocycles. The van der Waals surface area contributed by atoms with E-state index >= 15 is 0 Å². The zero-order valence-corrected chi connectivity index (χ0v) is 23.1. The van der Waals surface area contributed by atoms with E-state index in [9.17, 15) is 34.2 Å². The van der Waals surface area contributed by atoms with Gasteiger partial charge in [0.2, 0.25) is 23.6 Å². The van der Waals surface area contributed by atoms with E-state index in [-0.39, 0.29) is 0 Å². The number of carboxylic acid groups (broad SMARTS) is 1. The van der Waals surface area contributed by atoms with E-state index in [4.69, 9.17) is 14.9 Å². The Morgan fingerprint density at radius 2 is 1.29 bits per heavy atom. The van der Waals surface area contributed by atoms with E-state index in [1.807, 2.05) is 5.32 Å². The first-order valence-corrected chi connectivity index (χ1v) is 12.1. The van der Waals surface area contributed by atoms with Crippen LogP contribution < -0.4 is 21.3 Å². The fraction of sp³-hybridized carbons (Fsp3) is 0.783. The summed E-state index contributed by atoms with van der Waals surface area (Å²) in [6, 6.07) is -6.77. The van der Waals surface area contributed by atoms with Crippen LogP contribution in [-0.4, -0.2) is 131 Å². The molecule has 0 spiro atoms. The van der Waals surface area contributed by atoms with Crippen LogP contribution in [0.2, 0.25) is 0 Å². The Labute approximate surface area is 222 Å². The van der Waals surface area contributed by atoms with Crippen LogP contribution in [0.1, 0.15) is 34.6 Å². The molecule has 4 amide bonds. The number of nitrogens with one attached hydrogen (secondary N) is 4.